The maximum absolute atomic E-state index is 3.62. The van der Waals surface area contributed by atoms with E-state index in [2.05, 4.69) is 15.9 Å². The van der Waals surface area contributed by atoms with Gasteiger partial charge >= 0.3 is 0 Å². The average molecular weight is 161 g/mol. The van der Waals surface area contributed by atoms with Gasteiger partial charge in [-0.1, -0.05) is 15.9 Å². The number of fused-ring (bicyclic) bond motifs is 1. The topological polar surface area (TPSA) is 0 Å². The minimum atomic E-state index is 0.909. The summed E-state index contributed by atoms with van der Waals surface area (Å²) in [6.07, 6.45) is 4.48. The lowest BCUT2D eigenvalue weighted by atomic mass is 9.60. The van der Waals surface area contributed by atoms with Crippen LogP contribution in [0.3, 0.4) is 0 Å². The molecule has 0 radical (unpaired) electrons. The maximum atomic E-state index is 3.62. The Balaban J connectivity index is 1.99. The third kappa shape index (κ3) is 0.426. The minimum Gasteiger partial charge on any atom is -0.0887 e. The highest BCUT2D eigenvalue weighted by Crippen LogP contribution is 2.53. The monoisotopic (exact) mass is 160 g/mol. The van der Waals surface area contributed by atoms with Crippen LogP contribution in [-0.4, -0.2) is 4.83 Å². The van der Waals surface area contributed by atoms with Crippen molar-refractivity contribution in [3.05, 3.63) is 0 Å². The summed E-state index contributed by atoms with van der Waals surface area (Å²) in [4.78, 5) is 0.909. The Morgan fingerprint density at radius 1 is 1.29 bits per heavy atom. The van der Waals surface area contributed by atoms with E-state index in [-0.39, 0.29) is 0 Å². The highest BCUT2D eigenvalue weighted by molar-refractivity contribution is 9.09. The molecule has 2 rings (SSSR count). The van der Waals surface area contributed by atoms with Crippen LogP contribution in [0.15, 0.2) is 0 Å². The molecule has 0 spiro atoms. The number of hydrogen-bond donors (Lipinski definition) is 0. The number of halogens is 1. The Morgan fingerprint density at radius 3 is 2.14 bits per heavy atom. The van der Waals surface area contributed by atoms with Gasteiger partial charge in [0.1, 0.15) is 0 Å². The quantitative estimate of drug-likeness (QED) is 0.477. The van der Waals surface area contributed by atoms with Crippen molar-refractivity contribution >= 4 is 15.9 Å². The van der Waals surface area contributed by atoms with Crippen molar-refractivity contribution in [1.29, 1.82) is 0 Å². The molecule has 0 N–H and O–H groups in total. The van der Waals surface area contributed by atoms with Gasteiger partial charge in [0.15, 0.2) is 0 Å². The van der Waals surface area contributed by atoms with Gasteiger partial charge in [-0.3, -0.25) is 0 Å². The highest BCUT2D eigenvalue weighted by atomic mass is 79.9. The van der Waals surface area contributed by atoms with Gasteiger partial charge in [0.2, 0.25) is 0 Å². The lowest BCUT2D eigenvalue weighted by molar-refractivity contribution is 0.0682. The molecule has 0 aromatic rings. The summed E-state index contributed by atoms with van der Waals surface area (Å²) in [5.74, 6) is 2.24. The molecule has 2 fully saturated rings. The van der Waals surface area contributed by atoms with Crippen molar-refractivity contribution in [3.8, 4) is 0 Å². The molecule has 0 heterocycles. The molecule has 0 unspecified atom stereocenters. The van der Waals surface area contributed by atoms with Gasteiger partial charge in [-0.2, -0.15) is 0 Å². The van der Waals surface area contributed by atoms with E-state index in [4.69, 9.17) is 0 Å². The van der Waals surface area contributed by atoms with Crippen molar-refractivity contribution in [1.82, 2.24) is 0 Å². The Labute approximate surface area is 52.4 Å². The van der Waals surface area contributed by atoms with Gasteiger partial charge in [-0.25, -0.2) is 0 Å². The van der Waals surface area contributed by atoms with Crippen LogP contribution in [0, 0.1) is 11.8 Å². The molecule has 0 amide bonds. The molecule has 0 nitrogen and oxygen atoms in total. The fourth-order valence-electron chi connectivity index (χ4n) is 1.63. The van der Waals surface area contributed by atoms with E-state index in [1.165, 1.54) is 19.3 Å². The van der Waals surface area contributed by atoms with Crippen molar-refractivity contribution in [2.24, 2.45) is 11.8 Å². The molecular weight excluding hydrogens is 152 g/mol. The van der Waals surface area contributed by atoms with Crippen LogP contribution in [-0.2, 0) is 0 Å². The van der Waals surface area contributed by atoms with E-state index in [0.717, 1.165) is 16.7 Å². The molecule has 0 aromatic heterocycles. The van der Waals surface area contributed by atoms with Crippen molar-refractivity contribution in [2.75, 3.05) is 0 Å². The zero-order valence-electron chi connectivity index (χ0n) is 4.23. The van der Waals surface area contributed by atoms with Gasteiger partial charge in [0.25, 0.3) is 0 Å². The van der Waals surface area contributed by atoms with E-state index in [0.29, 0.717) is 0 Å². The summed E-state index contributed by atoms with van der Waals surface area (Å²) in [6, 6.07) is 0. The third-order valence-electron chi connectivity index (χ3n) is 2.47. The van der Waals surface area contributed by atoms with Crippen LogP contribution in [0.5, 0.6) is 0 Å². The van der Waals surface area contributed by atoms with E-state index in [9.17, 15) is 0 Å². The molecule has 2 aliphatic carbocycles. The van der Waals surface area contributed by atoms with Crippen LogP contribution >= 0.6 is 15.9 Å². The summed E-state index contributed by atoms with van der Waals surface area (Å²) in [6.45, 7) is 0. The van der Waals surface area contributed by atoms with Gasteiger partial charge < -0.3 is 0 Å². The Morgan fingerprint density at radius 2 is 2.14 bits per heavy atom. The summed E-state index contributed by atoms with van der Waals surface area (Å²) in [5, 5.41) is 0. The number of alkyl halides is 1. The zero-order valence-corrected chi connectivity index (χ0v) is 5.82. The predicted octanol–water partition coefficient (Wildman–Crippen LogP) is 2.18. The first-order valence-corrected chi connectivity index (χ1v) is 3.93. The van der Waals surface area contributed by atoms with E-state index < -0.39 is 0 Å². The van der Waals surface area contributed by atoms with Crippen LogP contribution in [0.25, 0.3) is 0 Å². The van der Waals surface area contributed by atoms with Crippen molar-refractivity contribution < 1.29 is 0 Å². The Kier molecular flexibility index (Phi) is 0.780. The first-order chi connectivity index (χ1) is 3.38. The molecule has 1 heteroatoms. The number of rotatable bonds is 0. The largest absolute Gasteiger partial charge is 0.0887 e. The van der Waals surface area contributed by atoms with E-state index in [1.807, 2.05) is 0 Å². The smallest absolute Gasteiger partial charge is 0.0179 e. The molecular formula is C6H9Br. The lowest BCUT2D eigenvalue weighted by Crippen LogP contribution is -2.44. The van der Waals surface area contributed by atoms with Gasteiger partial charge in [0, 0.05) is 4.83 Å². The first kappa shape index (κ1) is 4.37. The second-order valence-electron chi connectivity index (χ2n) is 2.75. The molecule has 7 heavy (non-hydrogen) atoms. The third-order valence-corrected chi connectivity index (χ3v) is 3.52. The molecule has 0 aromatic carbocycles. The molecule has 0 saturated heterocycles. The zero-order chi connectivity index (χ0) is 4.85. The minimum absolute atomic E-state index is 0.909. The lowest BCUT2D eigenvalue weighted by Gasteiger charge is -2.50. The number of hydrogen-bond acceptors (Lipinski definition) is 0. The summed E-state index contributed by atoms with van der Waals surface area (Å²) >= 11 is 3.62. The van der Waals surface area contributed by atoms with Crippen LogP contribution < -0.4 is 0 Å². The van der Waals surface area contributed by atoms with Crippen molar-refractivity contribution in [2.45, 2.75) is 24.1 Å². The second kappa shape index (κ2) is 1.25. The highest BCUT2D eigenvalue weighted by Gasteiger charge is 2.45. The Bertz CT molecular complexity index is 86.2. The van der Waals surface area contributed by atoms with E-state index in [1.54, 1.807) is 0 Å². The molecule has 40 valence electrons. The molecule has 0 bridgehead atoms. The van der Waals surface area contributed by atoms with Gasteiger partial charge in [-0.05, 0) is 31.1 Å². The molecule has 2 aliphatic rings. The second-order valence-corrected chi connectivity index (χ2v) is 3.93. The predicted molar refractivity (Wildman–Crippen MR) is 33.5 cm³/mol. The molecule has 2 saturated carbocycles. The van der Waals surface area contributed by atoms with Crippen LogP contribution in [0.2, 0.25) is 0 Å². The van der Waals surface area contributed by atoms with Gasteiger partial charge in [-0.15, -0.1) is 0 Å². The van der Waals surface area contributed by atoms with E-state index >= 15 is 0 Å². The Hall–Kier alpha value is 0.480. The first-order valence-electron chi connectivity index (χ1n) is 3.02. The van der Waals surface area contributed by atoms with Crippen molar-refractivity contribution in [3.63, 3.8) is 0 Å². The summed E-state index contributed by atoms with van der Waals surface area (Å²) < 4.78 is 0. The standard InChI is InChI=1S/C6H9Br/c7-6-3-4-1-2-5(4)6/h4-6H,1-3H2/t4-,5-,6-/m0/s1. The molecule has 0 aliphatic heterocycles. The fraction of sp³-hybridized carbons (Fsp3) is 1.00. The maximum Gasteiger partial charge on any atom is 0.0179 e. The van der Waals surface area contributed by atoms with Crippen LogP contribution in [0.1, 0.15) is 19.3 Å². The molecule has 3 atom stereocenters. The van der Waals surface area contributed by atoms with Gasteiger partial charge in [0.05, 0.1) is 0 Å². The summed E-state index contributed by atoms with van der Waals surface area (Å²) in [5.41, 5.74) is 0. The average Bonchev–Trinajstić information content (AvgIpc) is 1.59. The fourth-order valence-corrected chi connectivity index (χ4v) is 2.81. The van der Waals surface area contributed by atoms with Crippen LogP contribution in [0.4, 0.5) is 0 Å². The SMILES string of the molecule is Br[C@H]1C[C@@H]2CC[C@@H]21. The summed E-state index contributed by atoms with van der Waals surface area (Å²) in [7, 11) is 0. The normalized spacial score (nSPS) is 57.0.